The molecule has 0 aliphatic heterocycles. The van der Waals surface area contributed by atoms with Gasteiger partial charge < -0.3 is 18.9 Å². The molecule has 0 aliphatic rings. The fourth-order valence-electron chi connectivity index (χ4n) is 3.58. The minimum atomic E-state index is -4.32. The fourth-order valence-corrected chi connectivity index (χ4v) is 4.32. The molecule has 0 radical (unpaired) electrons. The summed E-state index contributed by atoms with van der Waals surface area (Å²) in [6.45, 7) is 3.78. The Labute approximate surface area is 225 Å². The summed E-state index contributed by atoms with van der Waals surface area (Å²) in [6.07, 6.45) is 15.4. The summed E-state index contributed by atoms with van der Waals surface area (Å²) in [4.78, 5) is 33.7. The van der Waals surface area contributed by atoms with E-state index in [0.717, 1.165) is 19.3 Å². The molecule has 0 aliphatic carbocycles. The van der Waals surface area contributed by atoms with Crippen LogP contribution in [0.4, 0.5) is 0 Å². The zero-order valence-corrected chi connectivity index (χ0v) is 25.1. The Morgan fingerprint density at radius 3 is 1.76 bits per heavy atom. The number of hydrogen-bond acceptors (Lipinski definition) is 7. The Hall–Kier alpha value is -0.990. The van der Waals surface area contributed by atoms with Crippen LogP contribution in [0.3, 0.4) is 0 Å². The topological polar surface area (TPSA) is 108 Å². The van der Waals surface area contributed by atoms with E-state index < -0.39 is 26.5 Å². The molecule has 0 spiro atoms. The number of carbonyl (C=O) groups is 2. The Balaban J connectivity index is 4.05. The van der Waals surface area contributed by atoms with Crippen LogP contribution in [0.15, 0.2) is 0 Å². The average molecular weight is 553 g/mol. The molecule has 0 rings (SSSR count). The smallest absolute Gasteiger partial charge is 0.462 e. The number of nitrogens with zero attached hydrogens (tertiary/aromatic N) is 1. The van der Waals surface area contributed by atoms with E-state index in [0.29, 0.717) is 17.4 Å². The van der Waals surface area contributed by atoms with Crippen LogP contribution in [0.5, 0.6) is 0 Å². The lowest BCUT2D eigenvalue weighted by Gasteiger charge is -2.24. The van der Waals surface area contributed by atoms with Crippen molar-refractivity contribution >= 4 is 19.8 Å². The molecule has 0 aromatic heterocycles. The first kappa shape index (κ1) is 36.0. The van der Waals surface area contributed by atoms with Crippen molar-refractivity contribution in [3.63, 3.8) is 0 Å². The van der Waals surface area contributed by atoms with Gasteiger partial charge in [-0.25, -0.2) is 4.57 Å². The first-order valence-electron chi connectivity index (χ1n) is 14.3. The maximum atomic E-state index is 12.1. The molecule has 220 valence electrons. The van der Waals surface area contributed by atoms with E-state index in [1.165, 1.54) is 64.2 Å². The van der Waals surface area contributed by atoms with Crippen molar-refractivity contribution < 1.29 is 42.1 Å². The highest BCUT2D eigenvalue weighted by Gasteiger charge is 2.26. The largest absolute Gasteiger partial charge is 0.472 e. The second kappa shape index (κ2) is 21.9. The molecule has 0 heterocycles. The zero-order valence-electron chi connectivity index (χ0n) is 24.2. The summed E-state index contributed by atoms with van der Waals surface area (Å²) in [6, 6.07) is 0. The van der Waals surface area contributed by atoms with Gasteiger partial charge >= 0.3 is 19.8 Å². The third-order valence-corrected chi connectivity index (χ3v) is 6.93. The number of unbranched alkanes of at least 4 members (excludes halogenated alkanes) is 12. The standard InChI is InChI=1S/C27H54NO8P/c1-6-8-9-10-11-12-13-14-15-16-17-18-19-20-27(30)33-23-25(36-26(29)7-2)24-35-37(31,32)34-22-21-28(3,4)5/h25H,6-24H2,1-5H3/p+1/t25-/m1/s1. The molecule has 10 heteroatoms. The summed E-state index contributed by atoms with van der Waals surface area (Å²) >= 11 is 0. The number of phosphoric acid groups is 1. The molecule has 0 saturated carbocycles. The van der Waals surface area contributed by atoms with Crippen molar-refractivity contribution in [2.75, 3.05) is 47.5 Å². The van der Waals surface area contributed by atoms with E-state index >= 15 is 0 Å². The molecule has 0 bridgehead atoms. The van der Waals surface area contributed by atoms with Gasteiger partial charge in [0.1, 0.15) is 19.8 Å². The molecule has 9 nitrogen and oxygen atoms in total. The highest BCUT2D eigenvalue weighted by Crippen LogP contribution is 2.43. The second-order valence-corrected chi connectivity index (χ2v) is 12.2. The zero-order chi connectivity index (χ0) is 28.0. The lowest BCUT2D eigenvalue weighted by Crippen LogP contribution is -2.37. The van der Waals surface area contributed by atoms with Crippen LogP contribution in [0, 0.1) is 0 Å². The quantitative estimate of drug-likeness (QED) is 0.0620. The minimum absolute atomic E-state index is 0.0325. The first-order valence-corrected chi connectivity index (χ1v) is 15.8. The van der Waals surface area contributed by atoms with Gasteiger partial charge in [-0.1, -0.05) is 90.9 Å². The number of quaternary nitrogens is 1. The molecule has 1 N–H and O–H groups in total. The van der Waals surface area contributed by atoms with Crippen molar-refractivity contribution in [1.82, 2.24) is 0 Å². The minimum Gasteiger partial charge on any atom is -0.462 e. The third-order valence-electron chi connectivity index (χ3n) is 5.94. The van der Waals surface area contributed by atoms with Crippen LogP contribution in [-0.4, -0.2) is 74.9 Å². The van der Waals surface area contributed by atoms with E-state index in [1.807, 2.05) is 21.1 Å². The predicted molar refractivity (Wildman–Crippen MR) is 146 cm³/mol. The van der Waals surface area contributed by atoms with Crippen molar-refractivity contribution in [3.05, 3.63) is 0 Å². The molecular weight excluding hydrogens is 497 g/mol. The van der Waals surface area contributed by atoms with Crippen LogP contribution >= 0.6 is 7.82 Å². The van der Waals surface area contributed by atoms with Gasteiger partial charge in [0.25, 0.3) is 0 Å². The van der Waals surface area contributed by atoms with Crippen LogP contribution in [0.25, 0.3) is 0 Å². The first-order chi connectivity index (χ1) is 17.5. The molecule has 37 heavy (non-hydrogen) atoms. The van der Waals surface area contributed by atoms with E-state index in [1.54, 1.807) is 6.92 Å². The highest BCUT2D eigenvalue weighted by molar-refractivity contribution is 7.47. The summed E-state index contributed by atoms with van der Waals surface area (Å²) in [5, 5.41) is 0. The summed E-state index contributed by atoms with van der Waals surface area (Å²) in [5.74, 6) is -0.896. The van der Waals surface area contributed by atoms with Crippen LogP contribution in [0.2, 0.25) is 0 Å². The van der Waals surface area contributed by atoms with Gasteiger partial charge in [0.15, 0.2) is 6.10 Å². The summed E-state index contributed by atoms with van der Waals surface area (Å²) in [5.41, 5.74) is 0. The van der Waals surface area contributed by atoms with Gasteiger partial charge in [-0.3, -0.25) is 18.6 Å². The number of likely N-dealkylation sites (N-methyl/N-ethyl adjacent to an activating group) is 1. The Morgan fingerprint density at radius 1 is 0.757 bits per heavy atom. The van der Waals surface area contributed by atoms with Crippen LogP contribution in [0.1, 0.15) is 110 Å². The molecule has 0 amide bonds. The van der Waals surface area contributed by atoms with Gasteiger partial charge in [0.05, 0.1) is 27.7 Å². The van der Waals surface area contributed by atoms with Gasteiger partial charge in [-0.15, -0.1) is 0 Å². The number of rotatable bonds is 25. The lowest BCUT2D eigenvalue weighted by atomic mass is 10.0. The lowest BCUT2D eigenvalue weighted by molar-refractivity contribution is -0.870. The Morgan fingerprint density at radius 2 is 1.27 bits per heavy atom. The van der Waals surface area contributed by atoms with Crippen molar-refractivity contribution in [2.45, 2.75) is 116 Å². The normalized spacial score (nSPS) is 14.2. The maximum absolute atomic E-state index is 12.1. The maximum Gasteiger partial charge on any atom is 0.472 e. The molecule has 0 saturated heterocycles. The van der Waals surface area contributed by atoms with E-state index in [9.17, 15) is 19.0 Å². The van der Waals surface area contributed by atoms with E-state index in [-0.39, 0.29) is 25.6 Å². The van der Waals surface area contributed by atoms with E-state index in [4.69, 9.17) is 18.5 Å². The van der Waals surface area contributed by atoms with Gasteiger partial charge in [0, 0.05) is 12.8 Å². The van der Waals surface area contributed by atoms with Gasteiger partial charge in [0.2, 0.25) is 0 Å². The average Bonchev–Trinajstić information content (AvgIpc) is 2.82. The Bertz CT molecular complexity index is 638. The number of esters is 2. The Kier molecular flexibility index (Phi) is 21.3. The van der Waals surface area contributed by atoms with Crippen molar-refractivity contribution in [1.29, 1.82) is 0 Å². The second-order valence-electron chi connectivity index (χ2n) is 10.8. The summed E-state index contributed by atoms with van der Waals surface area (Å²) < 4.78 is 33.0. The number of carbonyl (C=O) groups excluding carboxylic acids is 2. The monoisotopic (exact) mass is 552 g/mol. The van der Waals surface area contributed by atoms with Crippen LogP contribution < -0.4 is 0 Å². The van der Waals surface area contributed by atoms with Gasteiger partial charge in [-0.2, -0.15) is 0 Å². The predicted octanol–water partition coefficient (Wildman–Crippen LogP) is 6.17. The number of phosphoric ester groups is 1. The SMILES string of the molecule is CCCCCCCCCCCCCCCC(=O)OC[C@H](COP(=O)(O)OCC[N+](C)(C)C)OC(=O)CC. The van der Waals surface area contributed by atoms with Gasteiger partial charge in [-0.05, 0) is 6.42 Å². The molecule has 0 fully saturated rings. The highest BCUT2D eigenvalue weighted by atomic mass is 31.2. The molecule has 0 aromatic rings. The third kappa shape index (κ3) is 25.1. The van der Waals surface area contributed by atoms with E-state index in [2.05, 4.69) is 6.92 Å². The van der Waals surface area contributed by atoms with Crippen molar-refractivity contribution in [3.8, 4) is 0 Å². The fraction of sp³-hybridized carbons (Fsp3) is 0.926. The number of hydrogen-bond donors (Lipinski definition) is 1. The van der Waals surface area contributed by atoms with Crippen LogP contribution in [-0.2, 0) is 32.7 Å². The number of ether oxygens (including phenoxy) is 2. The molecular formula is C27H55NO8P+. The molecule has 0 aromatic carbocycles. The van der Waals surface area contributed by atoms with Crippen molar-refractivity contribution in [2.24, 2.45) is 0 Å². The molecule has 2 atom stereocenters. The molecule has 1 unspecified atom stereocenters. The summed E-state index contributed by atoms with van der Waals surface area (Å²) in [7, 11) is 1.47.